The van der Waals surface area contributed by atoms with Crippen LogP contribution >= 0.6 is 0 Å². The molecule has 114 valence electrons. The van der Waals surface area contributed by atoms with Crippen LogP contribution in [0.2, 0.25) is 0 Å². The molecule has 0 bridgehead atoms. The summed E-state index contributed by atoms with van der Waals surface area (Å²) in [5.74, 6) is -0.664. The Hall–Kier alpha value is -1.35. The predicted molar refractivity (Wildman–Crippen MR) is 81.3 cm³/mol. The molecule has 0 radical (unpaired) electrons. The first-order valence-electron chi connectivity index (χ1n) is 7.67. The van der Waals surface area contributed by atoms with Crippen molar-refractivity contribution in [3.05, 3.63) is 35.4 Å². The van der Waals surface area contributed by atoms with Crippen LogP contribution in [-0.2, 0) is 22.4 Å². The van der Waals surface area contributed by atoms with Crippen molar-refractivity contribution in [2.75, 3.05) is 0 Å². The lowest BCUT2D eigenvalue weighted by Crippen LogP contribution is -2.47. The van der Waals surface area contributed by atoms with Gasteiger partial charge in [-0.25, -0.2) is 0 Å². The van der Waals surface area contributed by atoms with Crippen molar-refractivity contribution in [1.82, 2.24) is 0 Å². The van der Waals surface area contributed by atoms with Gasteiger partial charge in [-0.2, -0.15) is 0 Å². The molecular weight excluding hydrogens is 264 g/mol. The van der Waals surface area contributed by atoms with Crippen molar-refractivity contribution < 1.29 is 14.6 Å². The maximum Gasteiger partial charge on any atom is 0.310 e. The summed E-state index contributed by atoms with van der Waals surface area (Å²) in [5, 5.41) is 10.0. The van der Waals surface area contributed by atoms with Gasteiger partial charge in [-0.05, 0) is 58.1 Å². The van der Waals surface area contributed by atoms with Crippen LogP contribution in [0.4, 0.5) is 0 Å². The number of carboxylic acids is 1. The van der Waals surface area contributed by atoms with Crippen LogP contribution in [0.15, 0.2) is 24.3 Å². The highest BCUT2D eigenvalue weighted by molar-refractivity contribution is 5.78. The van der Waals surface area contributed by atoms with Crippen LogP contribution in [0.1, 0.15) is 45.2 Å². The van der Waals surface area contributed by atoms with Gasteiger partial charge in [0.15, 0.2) is 0 Å². The predicted octanol–water partition coefficient (Wildman–Crippen LogP) is 3.45. The molecule has 1 atom stereocenters. The summed E-state index contributed by atoms with van der Waals surface area (Å²) in [7, 11) is 0. The van der Waals surface area contributed by atoms with E-state index in [0.717, 1.165) is 6.42 Å². The van der Waals surface area contributed by atoms with Crippen molar-refractivity contribution in [3.8, 4) is 0 Å². The van der Waals surface area contributed by atoms with Crippen molar-refractivity contribution in [1.29, 1.82) is 0 Å². The number of hydrogen-bond donors (Lipinski definition) is 1. The minimum atomic E-state index is -0.735. The van der Waals surface area contributed by atoms with Gasteiger partial charge >= 0.3 is 5.97 Å². The summed E-state index contributed by atoms with van der Waals surface area (Å²) >= 11 is 0. The third kappa shape index (κ3) is 2.18. The molecule has 1 fully saturated rings. The molecular formula is C18H24O3. The molecule has 3 heteroatoms. The van der Waals surface area contributed by atoms with Gasteiger partial charge in [0, 0.05) is 5.92 Å². The number of carboxylic acid groups (broad SMARTS) is 1. The zero-order valence-corrected chi connectivity index (χ0v) is 13.3. The molecule has 1 heterocycles. The molecule has 3 rings (SSSR count). The van der Waals surface area contributed by atoms with E-state index in [9.17, 15) is 9.90 Å². The van der Waals surface area contributed by atoms with Crippen LogP contribution in [0, 0.1) is 11.3 Å². The number of ether oxygens (including phenoxy) is 1. The first kappa shape index (κ1) is 14.6. The zero-order chi connectivity index (χ0) is 15.5. The van der Waals surface area contributed by atoms with Crippen molar-refractivity contribution in [2.45, 2.75) is 58.2 Å². The molecule has 0 saturated carbocycles. The molecule has 1 aliphatic heterocycles. The first-order valence-corrected chi connectivity index (χ1v) is 7.67. The molecule has 1 saturated heterocycles. The minimum absolute atomic E-state index is 0.0184. The van der Waals surface area contributed by atoms with E-state index in [1.54, 1.807) is 0 Å². The SMILES string of the molecule is CC1(C)CC(C2(C(=O)O)Cc3ccccc3C2)C(C)(C)O1. The second-order valence-corrected chi connectivity index (χ2v) is 7.81. The maximum atomic E-state index is 12.2. The Morgan fingerprint density at radius 2 is 1.67 bits per heavy atom. The summed E-state index contributed by atoms with van der Waals surface area (Å²) < 4.78 is 6.17. The molecule has 1 N–H and O–H groups in total. The molecule has 0 aromatic heterocycles. The average molecular weight is 288 g/mol. The molecule has 0 amide bonds. The molecule has 3 nitrogen and oxygen atoms in total. The Balaban J connectivity index is 2.04. The van der Waals surface area contributed by atoms with Crippen LogP contribution in [0.25, 0.3) is 0 Å². The summed E-state index contributed by atoms with van der Waals surface area (Å²) in [6.07, 6.45) is 2.03. The highest BCUT2D eigenvalue weighted by Crippen LogP contribution is 2.55. The zero-order valence-electron chi connectivity index (χ0n) is 13.3. The summed E-state index contributed by atoms with van der Waals surface area (Å²) in [5.41, 5.74) is 0.955. The van der Waals surface area contributed by atoms with Gasteiger partial charge in [-0.1, -0.05) is 24.3 Å². The summed E-state index contributed by atoms with van der Waals surface area (Å²) in [4.78, 5) is 12.2. The average Bonchev–Trinajstić information content (AvgIpc) is 2.84. The number of benzene rings is 1. The van der Waals surface area contributed by atoms with Gasteiger partial charge in [0.2, 0.25) is 0 Å². The summed E-state index contributed by atoms with van der Waals surface area (Å²) in [6, 6.07) is 8.12. The van der Waals surface area contributed by atoms with Gasteiger partial charge in [0.25, 0.3) is 0 Å². The molecule has 0 spiro atoms. The topological polar surface area (TPSA) is 46.5 Å². The van der Waals surface area contributed by atoms with Crippen LogP contribution in [0.3, 0.4) is 0 Å². The lowest BCUT2D eigenvalue weighted by atomic mass is 9.65. The number of hydrogen-bond acceptors (Lipinski definition) is 2. The second kappa shape index (κ2) is 4.33. The van der Waals surface area contributed by atoms with E-state index >= 15 is 0 Å². The Morgan fingerprint density at radius 1 is 1.14 bits per heavy atom. The van der Waals surface area contributed by atoms with Crippen molar-refractivity contribution in [2.24, 2.45) is 11.3 Å². The smallest absolute Gasteiger partial charge is 0.310 e. The Bertz CT molecular complexity index is 561. The molecule has 1 aromatic carbocycles. The summed E-state index contributed by atoms with van der Waals surface area (Å²) in [6.45, 7) is 8.21. The molecule has 1 aromatic rings. The fourth-order valence-corrected chi connectivity index (χ4v) is 4.61. The number of rotatable bonds is 2. The third-order valence-electron chi connectivity index (χ3n) is 5.30. The number of fused-ring (bicyclic) bond motifs is 1. The van der Waals surface area contributed by atoms with E-state index in [1.807, 2.05) is 26.0 Å². The monoisotopic (exact) mass is 288 g/mol. The Labute approximate surface area is 126 Å². The fraction of sp³-hybridized carbons (Fsp3) is 0.611. The lowest BCUT2D eigenvalue weighted by Gasteiger charge is -2.38. The first-order chi connectivity index (χ1) is 9.66. The molecule has 2 aliphatic rings. The van der Waals surface area contributed by atoms with E-state index in [-0.39, 0.29) is 11.5 Å². The lowest BCUT2D eigenvalue weighted by molar-refractivity contribution is -0.157. The van der Waals surface area contributed by atoms with Crippen molar-refractivity contribution >= 4 is 5.97 Å². The standard InChI is InChI=1S/C18H24O3/c1-16(2)11-14(17(3,4)21-16)18(15(19)20)9-12-7-5-6-8-13(12)10-18/h5-8,14H,9-11H2,1-4H3,(H,19,20). The number of carbonyl (C=O) groups is 1. The molecule has 1 aliphatic carbocycles. The van der Waals surface area contributed by atoms with Crippen LogP contribution in [-0.4, -0.2) is 22.3 Å². The minimum Gasteiger partial charge on any atom is -0.481 e. The highest BCUT2D eigenvalue weighted by atomic mass is 16.5. The van der Waals surface area contributed by atoms with E-state index in [1.165, 1.54) is 11.1 Å². The van der Waals surface area contributed by atoms with Crippen molar-refractivity contribution in [3.63, 3.8) is 0 Å². The van der Waals surface area contributed by atoms with E-state index < -0.39 is 17.0 Å². The van der Waals surface area contributed by atoms with Gasteiger partial charge in [0.05, 0.1) is 16.6 Å². The highest BCUT2D eigenvalue weighted by Gasteiger charge is 2.60. The number of aliphatic carboxylic acids is 1. The van der Waals surface area contributed by atoms with E-state index in [4.69, 9.17) is 4.74 Å². The normalized spacial score (nSPS) is 28.3. The third-order valence-corrected chi connectivity index (χ3v) is 5.30. The van der Waals surface area contributed by atoms with Gasteiger partial charge in [0.1, 0.15) is 0 Å². The quantitative estimate of drug-likeness (QED) is 0.906. The Kier molecular flexibility index (Phi) is 3.00. The maximum absolute atomic E-state index is 12.2. The van der Waals surface area contributed by atoms with Gasteiger partial charge in [-0.3, -0.25) is 4.79 Å². The Morgan fingerprint density at radius 3 is 2.05 bits per heavy atom. The largest absolute Gasteiger partial charge is 0.481 e. The second-order valence-electron chi connectivity index (χ2n) is 7.81. The van der Waals surface area contributed by atoms with E-state index in [0.29, 0.717) is 12.8 Å². The van der Waals surface area contributed by atoms with E-state index in [2.05, 4.69) is 26.0 Å². The van der Waals surface area contributed by atoms with Crippen LogP contribution in [0.5, 0.6) is 0 Å². The fourth-order valence-electron chi connectivity index (χ4n) is 4.61. The van der Waals surface area contributed by atoms with Crippen LogP contribution < -0.4 is 0 Å². The van der Waals surface area contributed by atoms with Gasteiger partial charge in [-0.15, -0.1) is 0 Å². The molecule has 21 heavy (non-hydrogen) atoms. The van der Waals surface area contributed by atoms with Gasteiger partial charge < -0.3 is 9.84 Å². The molecule has 1 unspecified atom stereocenters.